The van der Waals surface area contributed by atoms with E-state index in [2.05, 4.69) is 4.98 Å². The van der Waals surface area contributed by atoms with Crippen LogP contribution in [-0.4, -0.2) is 18.1 Å². The number of esters is 1. The number of benzene rings is 2. The van der Waals surface area contributed by atoms with E-state index in [0.717, 1.165) is 31.3 Å². The number of rotatable bonds is 6. The molecule has 2 heterocycles. The lowest BCUT2D eigenvalue weighted by molar-refractivity contribution is -0.139. The van der Waals surface area contributed by atoms with Crippen LogP contribution in [0.1, 0.15) is 10.6 Å². The molecule has 4 rings (SSSR count). The molecule has 0 aliphatic rings. The molecule has 2 aromatic heterocycles. The Balaban J connectivity index is 1.40. The molecule has 0 aliphatic carbocycles. The number of hydrogen-bond donors (Lipinski definition) is 0. The van der Waals surface area contributed by atoms with E-state index < -0.39 is 5.97 Å². The summed E-state index contributed by atoms with van der Waals surface area (Å²) in [5, 5.41) is 4.33. The van der Waals surface area contributed by atoms with E-state index in [1.165, 1.54) is 28.7 Å². The fourth-order valence-electron chi connectivity index (χ4n) is 2.80. The van der Waals surface area contributed by atoms with Gasteiger partial charge in [0.1, 0.15) is 17.4 Å². The zero-order chi connectivity index (χ0) is 20.2. The first-order valence-electron chi connectivity index (χ1n) is 8.75. The number of thiazole rings is 1. The van der Waals surface area contributed by atoms with Crippen molar-refractivity contribution in [2.45, 2.75) is 6.61 Å². The zero-order valence-electron chi connectivity index (χ0n) is 15.4. The first-order chi connectivity index (χ1) is 14.2. The van der Waals surface area contributed by atoms with Crippen molar-refractivity contribution in [2.24, 2.45) is 0 Å². The van der Waals surface area contributed by atoms with Gasteiger partial charge in [-0.2, -0.15) is 0 Å². The van der Waals surface area contributed by atoms with Crippen LogP contribution >= 0.6 is 34.3 Å². The summed E-state index contributed by atoms with van der Waals surface area (Å²) in [4.78, 5) is 17.5. The molecular formula is C22H16ClNO3S2. The Morgan fingerprint density at radius 1 is 1.17 bits per heavy atom. The van der Waals surface area contributed by atoms with Crippen LogP contribution in [0.15, 0.2) is 60.0 Å². The summed E-state index contributed by atoms with van der Waals surface area (Å²) in [5.74, 6) is 0.318. The number of ether oxygens (including phenoxy) is 2. The molecule has 0 atom stereocenters. The third kappa shape index (κ3) is 4.34. The van der Waals surface area contributed by atoms with Crippen molar-refractivity contribution in [1.82, 2.24) is 4.98 Å². The molecule has 0 spiro atoms. The Kier molecular flexibility index (Phi) is 5.94. The van der Waals surface area contributed by atoms with Crippen molar-refractivity contribution in [3.05, 3.63) is 75.6 Å². The first-order valence-corrected chi connectivity index (χ1v) is 10.8. The number of thiophene rings is 1. The Morgan fingerprint density at radius 3 is 2.79 bits per heavy atom. The van der Waals surface area contributed by atoms with Crippen molar-refractivity contribution in [1.29, 1.82) is 0 Å². The maximum Gasteiger partial charge on any atom is 0.331 e. The van der Waals surface area contributed by atoms with Gasteiger partial charge in [-0.15, -0.1) is 22.7 Å². The van der Waals surface area contributed by atoms with Crippen LogP contribution in [0.25, 0.3) is 26.7 Å². The lowest BCUT2D eigenvalue weighted by atomic mass is 10.2. The third-order valence-corrected chi connectivity index (χ3v) is 6.76. The summed E-state index contributed by atoms with van der Waals surface area (Å²) in [6, 6.07) is 15.6. The molecule has 0 fully saturated rings. The highest BCUT2D eigenvalue weighted by Crippen LogP contribution is 2.36. The van der Waals surface area contributed by atoms with Crippen LogP contribution in [0.3, 0.4) is 0 Å². The molecule has 0 bridgehead atoms. The molecule has 146 valence electrons. The fraction of sp³-hybridized carbons (Fsp3) is 0.0909. The van der Waals surface area contributed by atoms with E-state index in [4.69, 9.17) is 21.1 Å². The average molecular weight is 442 g/mol. The number of carbonyl (C=O) groups excluding carboxylic acids is 1. The Labute approximate surface area is 181 Å². The van der Waals surface area contributed by atoms with Gasteiger partial charge in [-0.1, -0.05) is 41.9 Å². The molecule has 0 radical (unpaired) electrons. The fourth-order valence-corrected chi connectivity index (χ4v) is 5.03. The number of nitrogens with zero attached hydrogens (tertiary/aromatic N) is 1. The van der Waals surface area contributed by atoms with Crippen LogP contribution in [0.2, 0.25) is 5.02 Å². The topological polar surface area (TPSA) is 48.4 Å². The third-order valence-electron chi connectivity index (χ3n) is 4.18. The number of halogens is 1. The molecule has 2 aromatic carbocycles. The number of aromatic nitrogens is 1. The summed E-state index contributed by atoms with van der Waals surface area (Å²) < 4.78 is 11.8. The van der Waals surface area contributed by atoms with Gasteiger partial charge in [0.05, 0.1) is 23.4 Å². The minimum Gasteiger partial charge on any atom is -0.496 e. The molecule has 4 nitrogen and oxygen atoms in total. The van der Waals surface area contributed by atoms with Crippen LogP contribution in [0.5, 0.6) is 5.75 Å². The largest absolute Gasteiger partial charge is 0.496 e. The number of methoxy groups -OCH3 is 1. The van der Waals surface area contributed by atoms with Gasteiger partial charge in [-0.25, -0.2) is 9.78 Å². The van der Waals surface area contributed by atoms with Crippen molar-refractivity contribution in [2.75, 3.05) is 7.11 Å². The Hall–Kier alpha value is -2.67. The summed E-state index contributed by atoms with van der Waals surface area (Å²) in [7, 11) is 1.63. The van der Waals surface area contributed by atoms with Gasteiger partial charge in [0.2, 0.25) is 0 Å². The zero-order valence-corrected chi connectivity index (χ0v) is 17.8. The standard InChI is InChI=1S/C22H16ClNO3S2/c1-26-17-8-4-2-6-15(17)22-24-14(13-28-22)12-27-20(25)11-10-19-21(23)16-7-3-5-9-18(16)29-19/h2-11,13H,12H2,1H3/b11-10+. The van der Waals surface area contributed by atoms with Crippen molar-refractivity contribution >= 4 is 56.4 Å². The van der Waals surface area contributed by atoms with Gasteiger partial charge in [-0.3, -0.25) is 0 Å². The van der Waals surface area contributed by atoms with Crippen LogP contribution < -0.4 is 4.74 Å². The molecule has 29 heavy (non-hydrogen) atoms. The number of para-hydroxylation sites is 1. The molecule has 0 saturated heterocycles. The predicted molar refractivity (Wildman–Crippen MR) is 120 cm³/mol. The molecular weight excluding hydrogens is 426 g/mol. The monoisotopic (exact) mass is 441 g/mol. The lowest BCUT2D eigenvalue weighted by Gasteiger charge is -2.04. The molecule has 0 amide bonds. The van der Waals surface area contributed by atoms with Gasteiger partial charge < -0.3 is 9.47 Å². The van der Waals surface area contributed by atoms with Crippen LogP contribution in [0, 0.1) is 0 Å². The van der Waals surface area contributed by atoms with E-state index in [9.17, 15) is 4.79 Å². The minimum absolute atomic E-state index is 0.106. The van der Waals surface area contributed by atoms with E-state index >= 15 is 0 Å². The second-order valence-corrected chi connectivity index (χ2v) is 8.38. The summed E-state index contributed by atoms with van der Waals surface area (Å²) in [6.07, 6.45) is 3.08. The maximum atomic E-state index is 12.1. The highest BCUT2D eigenvalue weighted by atomic mass is 35.5. The van der Waals surface area contributed by atoms with Gasteiger partial charge in [0.15, 0.2) is 0 Å². The molecule has 7 heteroatoms. The van der Waals surface area contributed by atoms with Crippen molar-refractivity contribution < 1.29 is 14.3 Å². The second-order valence-electron chi connectivity index (χ2n) is 6.06. The molecule has 0 aliphatic heterocycles. The molecule has 4 aromatic rings. The summed E-state index contributed by atoms with van der Waals surface area (Å²) >= 11 is 9.41. The normalized spacial score (nSPS) is 11.2. The summed E-state index contributed by atoms with van der Waals surface area (Å²) in [5.41, 5.74) is 1.61. The highest BCUT2D eigenvalue weighted by molar-refractivity contribution is 7.20. The first kappa shape index (κ1) is 19.6. The summed E-state index contributed by atoms with van der Waals surface area (Å²) in [6.45, 7) is 0.106. The predicted octanol–water partition coefficient (Wildman–Crippen LogP) is 6.44. The lowest BCUT2D eigenvalue weighted by Crippen LogP contribution is -2.00. The number of hydrogen-bond acceptors (Lipinski definition) is 6. The van der Waals surface area contributed by atoms with Crippen molar-refractivity contribution in [3.63, 3.8) is 0 Å². The molecule has 0 unspecified atom stereocenters. The molecule has 0 saturated carbocycles. The SMILES string of the molecule is COc1ccccc1-c1nc(COC(=O)/C=C/c2sc3ccccc3c2Cl)cs1. The highest BCUT2D eigenvalue weighted by Gasteiger charge is 2.11. The van der Waals surface area contributed by atoms with Gasteiger partial charge in [0.25, 0.3) is 0 Å². The Bertz CT molecular complexity index is 1200. The van der Waals surface area contributed by atoms with Crippen LogP contribution in [0.4, 0.5) is 0 Å². The molecule has 0 N–H and O–H groups in total. The smallest absolute Gasteiger partial charge is 0.331 e. The van der Waals surface area contributed by atoms with Crippen LogP contribution in [-0.2, 0) is 16.1 Å². The number of carbonyl (C=O) groups is 1. The minimum atomic E-state index is -0.439. The maximum absolute atomic E-state index is 12.1. The second kappa shape index (κ2) is 8.78. The Morgan fingerprint density at radius 2 is 1.97 bits per heavy atom. The van der Waals surface area contributed by atoms with E-state index in [1.807, 2.05) is 53.9 Å². The van der Waals surface area contributed by atoms with E-state index in [-0.39, 0.29) is 6.61 Å². The average Bonchev–Trinajstić information content (AvgIpc) is 3.35. The van der Waals surface area contributed by atoms with E-state index in [0.29, 0.717) is 10.7 Å². The van der Waals surface area contributed by atoms with Crippen molar-refractivity contribution in [3.8, 4) is 16.3 Å². The van der Waals surface area contributed by atoms with Gasteiger partial charge in [-0.05, 0) is 24.3 Å². The van der Waals surface area contributed by atoms with Gasteiger partial charge >= 0.3 is 5.97 Å². The number of fused-ring (bicyclic) bond motifs is 1. The van der Waals surface area contributed by atoms with E-state index in [1.54, 1.807) is 13.2 Å². The quantitative estimate of drug-likeness (QED) is 0.255. The van der Waals surface area contributed by atoms with Gasteiger partial charge in [0, 0.05) is 26.4 Å².